The van der Waals surface area contributed by atoms with Crippen molar-refractivity contribution < 1.29 is 9.18 Å². The SMILES string of the molecule is Cc1nc2nc(NC(C)c3cncc(F)c3)nc(C(=O)CCCC3CCN(C)CC3)c2s1. The summed E-state index contributed by atoms with van der Waals surface area (Å²) in [7, 11) is 2.16. The number of thiazole rings is 1. The van der Waals surface area contributed by atoms with Crippen LogP contribution in [0.4, 0.5) is 10.3 Å². The van der Waals surface area contributed by atoms with Crippen molar-refractivity contribution in [1.29, 1.82) is 0 Å². The average molecular weight is 457 g/mol. The van der Waals surface area contributed by atoms with E-state index >= 15 is 0 Å². The van der Waals surface area contributed by atoms with Crippen molar-refractivity contribution in [2.24, 2.45) is 5.92 Å². The van der Waals surface area contributed by atoms with Crippen molar-refractivity contribution in [1.82, 2.24) is 24.8 Å². The molecule has 1 N–H and O–H groups in total. The zero-order chi connectivity index (χ0) is 22.7. The molecule has 1 saturated heterocycles. The maximum atomic E-state index is 13.5. The van der Waals surface area contributed by atoms with Gasteiger partial charge in [-0.2, -0.15) is 4.98 Å². The first-order valence-corrected chi connectivity index (χ1v) is 11.9. The van der Waals surface area contributed by atoms with Gasteiger partial charge in [0.2, 0.25) is 5.95 Å². The van der Waals surface area contributed by atoms with E-state index in [2.05, 4.69) is 37.2 Å². The Morgan fingerprint density at radius 2 is 2.06 bits per heavy atom. The molecule has 0 spiro atoms. The van der Waals surface area contributed by atoms with Gasteiger partial charge in [-0.3, -0.25) is 9.78 Å². The Hall–Kier alpha value is -2.52. The number of rotatable bonds is 8. The lowest BCUT2D eigenvalue weighted by molar-refractivity contribution is 0.0972. The third kappa shape index (κ3) is 5.45. The first kappa shape index (κ1) is 22.7. The van der Waals surface area contributed by atoms with E-state index in [0.29, 0.717) is 35.2 Å². The molecule has 4 rings (SSSR count). The smallest absolute Gasteiger partial charge is 0.225 e. The van der Waals surface area contributed by atoms with Crippen molar-refractivity contribution in [3.63, 3.8) is 0 Å². The highest BCUT2D eigenvalue weighted by molar-refractivity contribution is 7.18. The van der Waals surface area contributed by atoms with E-state index in [9.17, 15) is 9.18 Å². The van der Waals surface area contributed by atoms with E-state index in [-0.39, 0.29) is 11.8 Å². The summed E-state index contributed by atoms with van der Waals surface area (Å²) in [5, 5.41) is 4.01. The van der Waals surface area contributed by atoms with Gasteiger partial charge in [0.1, 0.15) is 16.2 Å². The highest BCUT2D eigenvalue weighted by Crippen LogP contribution is 2.28. The van der Waals surface area contributed by atoms with E-state index in [1.807, 2.05) is 13.8 Å². The summed E-state index contributed by atoms with van der Waals surface area (Å²) in [6, 6.07) is 1.15. The highest BCUT2D eigenvalue weighted by atomic mass is 32.1. The van der Waals surface area contributed by atoms with Gasteiger partial charge in [0.25, 0.3) is 0 Å². The summed E-state index contributed by atoms with van der Waals surface area (Å²) >= 11 is 1.44. The lowest BCUT2D eigenvalue weighted by Crippen LogP contribution is -2.30. The normalized spacial score (nSPS) is 16.4. The summed E-state index contributed by atoms with van der Waals surface area (Å²) in [6.45, 7) is 6.05. The van der Waals surface area contributed by atoms with E-state index in [4.69, 9.17) is 0 Å². The second-order valence-electron chi connectivity index (χ2n) is 8.65. The number of Topliss-reactive ketones (excluding diaryl/α,β-unsaturated/α-hetero) is 1. The second kappa shape index (κ2) is 9.95. The Kier molecular flexibility index (Phi) is 7.05. The Morgan fingerprint density at radius 3 is 2.81 bits per heavy atom. The number of aromatic nitrogens is 4. The van der Waals surface area contributed by atoms with Gasteiger partial charge in [-0.25, -0.2) is 14.4 Å². The fourth-order valence-corrected chi connectivity index (χ4v) is 5.01. The number of fused-ring (bicyclic) bond motifs is 1. The Labute approximate surface area is 191 Å². The van der Waals surface area contributed by atoms with E-state index in [1.54, 1.807) is 6.20 Å². The quantitative estimate of drug-likeness (QED) is 0.488. The number of hydrogen-bond acceptors (Lipinski definition) is 8. The van der Waals surface area contributed by atoms with E-state index < -0.39 is 5.82 Å². The summed E-state index contributed by atoms with van der Waals surface area (Å²) in [6.07, 6.45) is 7.59. The Morgan fingerprint density at radius 1 is 1.28 bits per heavy atom. The van der Waals surface area contributed by atoms with Crippen molar-refractivity contribution in [3.8, 4) is 0 Å². The van der Waals surface area contributed by atoms with Crippen LogP contribution < -0.4 is 5.32 Å². The molecule has 1 aliphatic rings. The molecular formula is C23H29FN6OS. The van der Waals surface area contributed by atoms with Gasteiger partial charge >= 0.3 is 0 Å². The first-order chi connectivity index (χ1) is 15.4. The fraction of sp³-hybridized carbons (Fsp3) is 0.522. The fourth-order valence-electron chi connectivity index (χ4n) is 4.14. The molecule has 0 saturated carbocycles. The molecule has 0 amide bonds. The number of anilines is 1. The number of nitrogens with zero attached hydrogens (tertiary/aromatic N) is 5. The highest BCUT2D eigenvalue weighted by Gasteiger charge is 2.21. The van der Waals surface area contributed by atoms with Crippen LogP contribution in [0.25, 0.3) is 10.3 Å². The van der Waals surface area contributed by atoms with Crippen LogP contribution in [-0.2, 0) is 0 Å². The average Bonchev–Trinajstić information content (AvgIpc) is 3.14. The van der Waals surface area contributed by atoms with Crippen LogP contribution in [0.1, 0.15) is 66.1 Å². The molecule has 170 valence electrons. The number of halogens is 1. The van der Waals surface area contributed by atoms with Crippen LogP contribution >= 0.6 is 11.3 Å². The first-order valence-electron chi connectivity index (χ1n) is 11.1. The van der Waals surface area contributed by atoms with Crippen molar-refractivity contribution >= 4 is 33.4 Å². The molecule has 1 unspecified atom stereocenters. The number of hydrogen-bond donors (Lipinski definition) is 1. The number of ketones is 1. The molecule has 0 aromatic carbocycles. The Balaban J connectivity index is 1.48. The number of likely N-dealkylation sites (tertiary alicyclic amines) is 1. The Bertz CT molecular complexity index is 1100. The number of piperidine rings is 1. The molecule has 0 bridgehead atoms. The van der Waals surface area contributed by atoms with Crippen LogP contribution in [-0.4, -0.2) is 50.8 Å². The lowest BCUT2D eigenvalue weighted by atomic mass is 9.91. The van der Waals surface area contributed by atoms with Gasteiger partial charge in [0.15, 0.2) is 11.4 Å². The molecule has 1 fully saturated rings. The third-order valence-corrected chi connectivity index (χ3v) is 7.02. The van der Waals surface area contributed by atoms with Crippen LogP contribution in [0.5, 0.6) is 0 Å². The van der Waals surface area contributed by atoms with Crippen LogP contribution in [0.15, 0.2) is 18.5 Å². The number of pyridine rings is 1. The van der Waals surface area contributed by atoms with Crippen LogP contribution in [0, 0.1) is 18.7 Å². The predicted octanol–water partition coefficient (Wildman–Crippen LogP) is 4.80. The van der Waals surface area contributed by atoms with Gasteiger partial charge in [0, 0.05) is 12.6 Å². The molecular weight excluding hydrogens is 427 g/mol. The molecule has 9 heteroatoms. The molecule has 0 aliphatic carbocycles. The molecule has 0 radical (unpaired) electrons. The minimum Gasteiger partial charge on any atom is -0.348 e. The second-order valence-corrected chi connectivity index (χ2v) is 9.85. The number of aryl methyl sites for hydroxylation is 1. The predicted molar refractivity (Wildman–Crippen MR) is 125 cm³/mol. The zero-order valence-electron chi connectivity index (χ0n) is 18.8. The molecule has 4 heterocycles. The lowest BCUT2D eigenvalue weighted by Gasteiger charge is -2.28. The van der Waals surface area contributed by atoms with Gasteiger partial charge in [-0.05, 0) is 77.2 Å². The molecule has 1 atom stereocenters. The molecule has 7 nitrogen and oxygen atoms in total. The monoisotopic (exact) mass is 456 g/mol. The minimum absolute atomic E-state index is 0.0251. The van der Waals surface area contributed by atoms with Crippen molar-refractivity contribution in [2.45, 2.75) is 52.0 Å². The zero-order valence-corrected chi connectivity index (χ0v) is 19.6. The maximum absolute atomic E-state index is 13.5. The van der Waals surface area contributed by atoms with Crippen molar-refractivity contribution in [2.75, 3.05) is 25.5 Å². The van der Waals surface area contributed by atoms with E-state index in [0.717, 1.165) is 35.6 Å². The van der Waals surface area contributed by atoms with Crippen molar-refractivity contribution in [3.05, 3.63) is 40.5 Å². The standard InChI is InChI=1S/C23H29FN6OS/c1-14(17-11-18(24)13-25-12-17)26-23-28-20(21-22(29-23)27-15(2)32-21)19(31)6-4-5-16-7-9-30(3)10-8-16/h11-14,16H,4-10H2,1-3H3,(H,26,28,29). The summed E-state index contributed by atoms with van der Waals surface area (Å²) in [5.74, 6) is 0.645. The third-order valence-electron chi connectivity index (χ3n) is 6.05. The van der Waals surface area contributed by atoms with Gasteiger partial charge in [-0.1, -0.05) is 0 Å². The number of carbonyl (C=O) groups is 1. The van der Waals surface area contributed by atoms with Crippen LogP contribution in [0.2, 0.25) is 0 Å². The molecule has 32 heavy (non-hydrogen) atoms. The largest absolute Gasteiger partial charge is 0.348 e. The summed E-state index contributed by atoms with van der Waals surface area (Å²) in [5.41, 5.74) is 1.62. The van der Waals surface area contributed by atoms with Gasteiger partial charge in [-0.15, -0.1) is 11.3 Å². The minimum atomic E-state index is -0.400. The molecule has 1 aliphatic heterocycles. The topological polar surface area (TPSA) is 83.9 Å². The van der Waals surface area contributed by atoms with E-state index in [1.165, 1.54) is 36.4 Å². The van der Waals surface area contributed by atoms with Gasteiger partial charge in [0.05, 0.1) is 17.2 Å². The molecule has 3 aromatic rings. The molecule has 3 aromatic heterocycles. The number of carbonyl (C=O) groups excluding carboxylic acids is 1. The summed E-state index contributed by atoms with van der Waals surface area (Å²) < 4.78 is 14.3. The van der Waals surface area contributed by atoms with Crippen LogP contribution in [0.3, 0.4) is 0 Å². The summed E-state index contributed by atoms with van der Waals surface area (Å²) in [4.78, 5) is 32.9. The maximum Gasteiger partial charge on any atom is 0.225 e. The number of nitrogens with one attached hydrogen (secondary N) is 1. The van der Waals surface area contributed by atoms with Gasteiger partial charge < -0.3 is 10.2 Å².